The molecular weight excluding hydrogens is 338 g/mol. The van der Waals surface area contributed by atoms with Gasteiger partial charge in [-0.15, -0.1) is 0 Å². The van der Waals surface area contributed by atoms with E-state index < -0.39 is 6.10 Å². The average molecular weight is 367 g/mol. The van der Waals surface area contributed by atoms with E-state index >= 15 is 0 Å². The van der Waals surface area contributed by atoms with Gasteiger partial charge in [0, 0.05) is 5.69 Å². The second-order valence-corrected chi connectivity index (χ2v) is 7.25. The molecule has 144 valence electrons. The van der Waals surface area contributed by atoms with Crippen LogP contribution in [-0.4, -0.2) is 18.1 Å². The van der Waals surface area contributed by atoms with Gasteiger partial charge in [0.25, 0.3) is 5.91 Å². The fraction of sp³-hybridized carbons (Fsp3) is 0.435. The van der Waals surface area contributed by atoms with Crippen molar-refractivity contribution in [2.75, 3.05) is 5.32 Å². The first kappa shape index (κ1) is 19.3. The Balaban J connectivity index is 1.59. The van der Waals surface area contributed by atoms with Gasteiger partial charge in [0.1, 0.15) is 11.5 Å². The lowest BCUT2D eigenvalue weighted by Gasteiger charge is -2.19. The molecule has 4 heteroatoms. The topological polar surface area (TPSA) is 47.6 Å². The standard InChI is InChI=1S/C23H29NO3/c1-4-21(27-22-11-7-8-16(2)17(22)3)23(25)24-18-12-14-20(15-13-18)26-19-9-5-6-10-19/h7-8,11-15,19,21H,4-6,9-10H2,1-3H3,(H,24,25)/t21-/m1/s1. The second-order valence-electron chi connectivity index (χ2n) is 7.25. The molecule has 1 saturated carbocycles. The van der Waals surface area contributed by atoms with E-state index in [1.54, 1.807) is 0 Å². The third kappa shape index (κ3) is 5.03. The Morgan fingerprint density at radius 2 is 1.81 bits per heavy atom. The minimum absolute atomic E-state index is 0.136. The molecule has 1 amide bonds. The third-order valence-electron chi connectivity index (χ3n) is 5.21. The molecule has 0 unspecified atom stereocenters. The quantitative estimate of drug-likeness (QED) is 0.711. The molecule has 0 spiro atoms. The maximum absolute atomic E-state index is 12.6. The van der Waals surface area contributed by atoms with Crippen LogP contribution in [-0.2, 0) is 4.79 Å². The number of nitrogens with one attached hydrogen (secondary N) is 1. The van der Waals surface area contributed by atoms with Crippen LogP contribution >= 0.6 is 0 Å². The fourth-order valence-corrected chi connectivity index (χ4v) is 3.37. The molecule has 0 saturated heterocycles. The predicted octanol–water partition coefficient (Wildman–Crippen LogP) is 5.42. The highest BCUT2D eigenvalue weighted by molar-refractivity contribution is 5.94. The van der Waals surface area contributed by atoms with E-state index in [1.807, 2.05) is 63.2 Å². The average Bonchev–Trinajstić information content (AvgIpc) is 3.17. The summed E-state index contributed by atoms with van der Waals surface area (Å²) in [6.45, 7) is 6.00. The summed E-state index contributed by atoms with van der Waals surface area (Å²) in [5, 5.41) is 2.95. The second kappa shape index (κ2) is 8.94. The van der Waals surface area contributed by atoms with Crippen LogP contribution in [0.4, 0.5) is 5.69 Å². The van der Waals surface area contributed by atoms with Crippen molar-refractivity contribution in [1.29, 1.82) is 0 Å². The van der Waals surface area contributed by atoms with Crippen molar-refractivity contribution in [1.82, 2.24) is 0 Å². The van der Waals surface area contributed by atoms with Crippen LogP contribution in [0.5, 0.6) is 11.5 Å². The largest absolute Gasteiger partial charge is 0.490 e. The van der Waals surface area contributed by atoms with Gasteiger partial charge in [-0.05, 0) is 87.4 Å². The molecule has 0 bridgehead atoms. The molecule has 4 nitrogen and oxygen atoms in total. The zero-order valence-corrected chi connectivity index (χ0v) is 16.5. The number of amides is 1. The molecule has 0 radical (unpaired) electrons. The minimum Gasteiger partial charge on any atom is -0.490 e. The highest BCUT2D eigenvalue weighted by Gasteiger charge is 2.20. The molecule has 2 aromatic rings. The number of hydrogen-bond donors (Lipinski definition) is 1. The number of hydrogen-bond acceptors (Lipinski definition) is 3. The molecule has 1 N–H and O–H groups in total. The van der Waals surface area contributed by atoms with E-state index in [4.69, 9.17) is 9.47 Å². The molecule has 0 aromatic heterocycles. The SMILES string of the molecule is CC[C@@H](Oc1cccc(C)c1C)C(=O)Nc1ccc(OC2CCCC2)cc1. The number of benzene rings is 2. The minimum atomic E-state index is -0.528. The van der Waals surface area contributed by atoms with Crippen LogP contribution < -0.4 is 14.8 Å². The van der Waals surface area contributed by atoms with E-state index in [-0.39, 0.29) is 5.91 Å². The molecule has 1 aliphatic rings. The smallest absolute Gasteiger partial charge is 0.265 e. The van der Waals surface area contributed by atoms with Crippen molar-refractivity contribution in [3.8, 4) is 11.5 Å². The summed E-state index contributed by atoms with van der Waals surface area (Å²) in [4.78, 5) is 12.6. The van der Waals surface area contributed by atoms with Gasteiger partial charge in [0.05, 0.1) is 6.10 Å². The molecule has 1 fully saturated rings. The van der Waals surface area contributed by atoms with Crippen molar-refractivity contribution in [3.63, 3.8) is 0 Å². The van der Waals surface area contributed by atoms with Crippen molar-refractivity contribution < 1.29 is 14.3 Å². The Labute approximate surface area is 161 Å². The van der Waals surface area contributed by atoms with Gasteiger partial charge < -0.3 is 14.8 Å². The summed E-state index contributed by atoms with van der Waals surface area (Å²) in [6, 6.07) is 13.5. The summed E-state index contributed by atoms with van der Waals surface area (Å²) >= 11 is 0. The van der Waals surface area contributed by atoms with Gasteiger partial charge >= 0.3 is 0 Å². The summed E-state index contributed by atoms with van der Waals surface area (Å²) in [5.74, 6) is 1.48. The number of aryl methyl sites for hydroxylation is 1. The van der Waals surface area contributed by atoms with E-state index in [0.717, 1.165) is 41.2 Å². The maximum Gasteiger partial charge on any atom is 0.265 e. The summed E-state index contributed by atoms with van der Waals surface area (Å²) in [6.07, 6.45) is 5.16. The van der Waals surface area contributed by atoms with Gasteiger partial charge in [-0.25, -0.2) is 0 Å². The molecular formula is C23H29NO3. The first-order valence-electron chi connectivity index (χ1n) is 9.87. The Morgan fingerprint density at radius 1 is 1.11 bits per heavy atom. The van der Waals surface area contributed by atoms with Crippen LogP contribution in [0.1, 0.15) is 50.2 Å². The van der Waals surface area contributed by atoms with Crippen molar-refractivity contribution >= 4 is 11.6 Å². The fourth-order valence-electron chi connectivity index (χ4n) is 3.37. The molecule has 1 aliphatic carbocycles. The van der Waals surface area contributed by atoms with Gasteiger partial charge in [-0.2, -0.15) is 0 Å². The molecule has 3 rings (SSSR count). The maximum atomic E-state index is 12.6. The van der Waals surface area contributed by atoms with E-state index in [9.17, 15) is 4.79 Å². The zero-order valence-electron chi connectivity index (χ0n) is 16.5. The zero-order chi connectivity index (χ0) is 19.2. The Morgan fingerprint density at radius 3 is 2.48 bits per heavy atom. The van der Waals surface area contributed by atoms with Crippen LogP contribution in [0, 0.1) is 13.8 Å². The summed E-state index contributed by atoms with van der Waals surface area (Å²) < 4.78 is 12.0. The van der Waals surface area contributed by atoms with Crippen molar-refractivity contribution in [2.45, 2.75) is 65.1 Å². The highest BCUT2D eigenvalue weighted by Crippen LogP contribution is 2.26. The van der Waals surface area contributed by atoms with Gasteiger partial charge in [-0.3, -0.25) is 4.79 Å². The van der Waals surface area contributed by atoms with Gasteiger partial charge in [0.2, 0.25) is 0 Å². The number of ether oxygens (including phenoxy) is 2. The Bertz CT molecular complexity index is 764. The molecule has 2 aromatic carbocycles. The lowest BCUT2D eigenvalue weighted by Crippen LogP contribution is -2.32. The van der Waals surface area contributed by atoms with E-state index in [0.29, 0.717) is 12.5 Å². The van der Waals surface area contributed by atoms with Crippen LogP contribution in [0.3, 0.4) is 0 Å². The number of anilines is 1. The normalized spacial score (nSPS) is 15.4. The summed E-state index contributed by atoms with van der Waals surface area (Å²) in [7, 11) is 0. The Kier molecular flexibility index (Phi) is 6.38. The first-order chi connectivity index (χ1) is 13.1. The molecule has 0 aliphatic heterocycles. The van der Waals surface area contributed by atoms with E-state index in [1.165, 1.54) is 12.8 Å². The summed E-state index contributed by atoms with van der Waals surface area (Å²) in [5.41, 5.74) is 2.97. The van der Waals surface area contributed by atoms with Gasteiger partial charge in [-0.1, -0.05) is 19.1 Å². The van der Waals surface area contributed by atoms with Gasteiger partial charge in [0.15, 0.2) is 6.10 Å². The van der Waals surface area contributed by atoms with Crippen molar-refractivity contribution in [2.24, 2.45) is 0 Å². The van der Waals surface area contributed by atoms with E-state index in [2.05, 4.69) is 5.32 Å². The Hall–Kier alpha value is -2.49. The lowest BCUT2D eigenvalue weighted by atomic mass is 10.1. The molecule has 27 heavy (non-hydrogen) atoms. The van der Waals surface area contributed by atoms with Crippen LogP contribution in [0.15, 0.2) is 42.5 Å². The molecule has 0 heterocycles. The number of carbonyl (C=O) groups is 1. The number of carbonyl (C=O) groups excluding carboxylic acids is 1. The first-order valence-corrected chi connectivity index (χ1v) is 9.87. The van der Waals surface area contributed by atoms with Crippen molar-refractivity contribution in [3.05, 3.63) is 53.6 Å². The van der Waals surface area contributed by atoms with Crippen LogP contribution in [0.25, 0.3) is 0 Å². The highest BCUT2D eigenvalue weighted by atomic mass is 16.5. The number of rotatable bonds is 7. The van der Waals surface area contributed by atoms with Crippen LogP contribution in [0.2, 0.25) is 0 Å². The predicted molar refractivity (Wildman–Crippen MR) is 109 cm³/mol. The molecule has 1 atom stereocenters. The monoisotopic (exact) mass is 367 g/mol. The third-order valence-corrected chi connectivity index (χ3v) is 5.21. The lowest BCUT2D eigenvalue weighted by molar-refractivity contribution is -0.122.